The third-order valence-electron chi connectivity index (χ3n) is 2.05. The highest BCUT2D eigenvalue weighted by Gasteiger charge is 2.10. The summed E-state index contributed by atoms with van der Waals surface area (Å²) in [5.41, 5.74) is 1.95. The minimum atomic E-state index is 0.491. The van der Waals surface area contributed by atoms with Crippen molar-refractivity contribution in [3.05, 3.63) is 34.4 Å². The van der Waals surface area contributed by atoms with E-state index in [-0.39, 0.29) is 0 Å². The van der Waals surface area contributed by atoms with Crippen molar-refractivity contribution in [2.24, 2.45) is 0 Å². The van der Waals surface area contributed by atoms with Crippen molar-refractivity contribution >= 4 is 35.3 Å². The number of aromatic amines is 1. The van der Waals surface area contributed by atoms with Gasteiger partial charge in [0, 0.05) is 10.6 Å². The van der Waals surface area contributed by atoms with Crippen molar-refractivity contribution in [2.75, 3.05) is 5.32 Å². The molecule has 0 saturated heterocycles. The van der Waals surface area contributed by atoms with Gasteiger partial charge in [-0.3, -0.25) is 9.89 Å². The first kappa shape index (κ1) is 11.0. The van der Waals surface area contributed by atoms with Gasteiger partial charge in [-0.25, -0.2) is 0 Å². The monoisotopic (exact) mass is 255 g/mol. The summed E-state index contributed by atoms with van der Waals surface area (Å²) in [7, 11) is 0. The molecule has 0 radical (unpaired) electrons. The number of rotatable bonds is 3. The normalized spacial score (nSPS) is 10.1. The molecule has 2 N–H and O–H groups in total. The lowest BCUT2D eigenvalue weighted by Crippen LogP contribution is -1.94. The topological polar surface area (TPSA) is 57.8 Å². The fourth-order valence-corrected chi connectivity index (χ4v) is 1.86. The van der Waals surface area contributed by atoms with Gasteiger partial charge in [0.25, 0.3) is 0 Å². The van der Waals surface area contributed by atoms with E-state index in [0.29, 0.717) is 27.8 Å². The van der Waals surface area contributed by atoms with E-state index >= 15 is 0 Å². The number of aromatic nitrogens is 2. The van der Waals surface area contributed by atoms with Crippen molar-refractivity contribution in [2.45, 2.75) is 0 Å². The summed E-state index contributed by atoms with van der Waals surface area (Å²) in [4.78, 5) is 10.4. The molecule has 16 heavy (non-hydrogen) atoms. The molecular formula is C10H7Cl2N3O. The second-order valence-corrected chi connectivity index (χ2v) is 3.89. The third-order valence-corrected chi connectivity index (χ3v) is 2.60. The molecule has 0 saturated carbocycles. The van der Waals surface area contributed by atoms with Gasteiger partial charge in [0.2, 0.25) is 6.41 Å². The maximum Gasteiger partial charge on any atom is 0.211 e. The van der Waals surface area contributed by atoms with Crippen molar-refractivity contribution in [3.63, 3.8) is 0 Å². The number of anilines is 1. The fraction of sp³-hybridized carbons (Fsp3) is 0. The van der Waals surface area contributed by atoms with Gasteiger partial charge in [-0.15, -0.1) is 0 Å². The minimum absolute atomic E-state index is 0.491. The Bertz CT molecular complexity index is 525. The second kappa shape index (κ2) is 4.55. The highest BCUT2D eigenvalue weighted by molar-refractivity contribution is 6.36. The predicted molar refractivity (Wildman–Crippen MR) is 63.7 cm³/mol. The van der Waals surface area contributed by atoms with E-state index in [1.165, 1.54) is 6.20 Å². The highest BCUT2D eigenvalue weighted by atomic mass is 35.5. The molecule has 6 heteroatoms. The van der Waals surface area contributed by atoms with Gasteiger partial charge in [0.05, 0.1) is 22.6 Å². The number of carbonyl (C=O) groups is 1. The van der Waals surface area contributed by atoms with Crippen molar-refractivity contribution in [1.29, 1.82) is 0 Å². The Morgan fingerprint density at radius 2 is 2.19 bits per heavy atom. The SMILES string of the molecule is O=CNc1cn[nH]c1-c1ccc(Cl)cc1Cl. The maximum atomic E-state index is 10.4. The minimum Gasteiger partial charge on any atom is -0.326 e. The summed E-state index contributed by atoms with van der Waals surface area (Å²) < 4.78 is 0. The first-order chi connectivity index (χ1) is 7.72. The predicted octanol–water partition coefficient (Wildman–Crippen LogP) is 2.95. The van der Waals surface area contributed by atoms with Gasteiger partial charge < -0.3 is 5.32 Å². The van der Waals surface area contributed by atoms with E-state index in [1.54, 1.807) is 18.2 Å². The summed E-state index contributed by atoms with van der Waals surface area (Å²) in [5.74, 6) is 0. The average molecular weight is 256 g/mol. The van der Waals surface area contributed by atoms with Crippen LogP contribution in [-0.2, 0) is 4.79 Å². The number of nitrogens with zero attached hydrogens (tertiary/aromatic N) is 1. The molecule has 0 atom stereocenters. The molecule has 0 spiro atoms. The molecule has 4 nitrogen and oxygen atoms in total. The second-order valence-electron chi connectivity index (χ2n) is 3.05. The zero-order valence-corrected chi connectivity index (χ0v) is 9.51. The Morgan fingerprint density at radius 1 is 1.38 bits per heavy atom. The molecule has 0 aliphatic carbocycles. The van der Waals surface area contributed by atoms with E-state index in [4.69, 9.17) is 23.2 Å². The maximum absolute atomic E-state index is 10.4. The summed E-state index contributed by atoms with van der Waals surface area (Å²) in [5, 5.41) is 10.2. The Balaban J connectivity index is 2.49. The number of carbonyl (C=O) groups excluding carboxylic acids is 1. The molecule has 1 aromatic heterocycles. The Labute approximate surface area is 102 Å². The van der Waals surface area contributed by atoms with E-state index in [1.807, 2.05) is 0 Å². The van der Waals surface area contributed by atoms with Gasteiger partial charge in [-0.1, -0.05) is 23.2 Å². The van der Waals surface area contributed by atoms with Crippen LogP contribution in [0.3, 0.4) is 0 Å². The van der Waals surface area contributed by atoms with Crippen LogP contribution < -0.4 is 5.32 Å². The van der Waals surface area contributed by atoms with Crippen molar-refractivity contribution in [1.82, 2.24) is 10.2 Å². The largest absolute Gasteiger partial charge is 0.326 e. The number of halogens is 2. The first-order valence-corrected chi connectivity index (χ1v) is 5.17. The molecule has 0 aliphatic rings. The molecule has 82 valence electrons. The number of benzene rings is 1. The Morgan fingerprint density at radius 3 is 2.88 bits per heavy atom. The lowest BCUT2D eigenvalue weighted by atomic mass is 10.1. The van der Waals surface area contributed by atoms with Crippen LogP contribution in [0.15, 0.2) is 24.4 Å². The number of hydrogen-bond donors (Lipinski definition) is 2. The summed E-state index contributed by atoms with van der Waals surface area (Å²) in [6.45, 7) is 0. The lowest BCUT2D eigenvalue weighted by molar-refractivity contribution is -0.105. The molecule has 1 amide bonds. The summed E-state index contributed by atoms with van der Waals surface area (Å²) in [6, 6.07) is 5.10. The van der Waals surface area contributed by atoms with Crippen LogP contribution in [0.2, 0.25) is 10.0 Å². The van der Waals surface area contributed by atoms with Crippen molar-refractivity contribution < 1.29 is 4.79 Å². The number of H-pyrrole nitrogens is 1. The molecule has 1 aromatic carbocycles. The molecule has 0 aliphatic heterocycles. The van der Waals surface area contributed by atoms with Gasteiger partial charge >= 0.3 is 0 Å². The summed E-state index contributed by atoms with van der Waals surface area (Å²) >= 11 is 11.8. The zero-order chi connectivity index (χ0) is 11.5. The van der Waals surface area contributed by atoms with Crippen LogP contribution in [-0.4, -0.2) is 16.6 Å². The van der Waals surface area contributed by atoms with Crippen LogP contribution >= 0.6 is 23.2 Å². The van der Waals surface area contributed by atoms with E-state index in [2.05, 4.69) is 15.5 Å². The van der Waals surface area contributed by atoms with Gasteiger partial charge in [0.15, 0.2) is 0 Å². The van der Waals surface area contributed by atoms with Crippen LogP contribution in [0.1, 0.15) is 0 Å². The molecule has 1 heterocycles. The Hall–Kier alpha value is -1.52. The molecule has 0 bridgehead atoms. The van der Waals surface area contributed by atoms with Crippen LogP contribution in [0.4, 0.5) is 5.69 Å². The molecule has 2 aromatic rings. The molecule has 0 unspecified atom stereocenters. The quantitative estimate of drug-likeness (QED) is 0.829. The van der Waals surface area contributed by atoms with Crippen LogP contribution in [0, 0.1) is 0 Å². The standard InChI is InChI=1S/C10H7Cl2N3O/c11-6-1-2-7(8(12)3-6)10-9(13-5-16)4-14-15-10/h1-5H,(H,13,16)(H,14,15). The summed E-state index contributed by atoms with van der Waals surface area (Å²) in [6.07, 6.45) is 2.09. The average Bonchev–Trinajstić information content (AvgIpc) is 2.67. The van der Waals surface area contributed by atoms with Crippen LogP contribution in [0.5, 0.6) is 0 Å². The highest BCUT2D eigenvalue weighted by Crippen LogP contribution is 2.32. The Kier molecular flexibility index (Phi) is 3.12. The first-order valence-electron chi connectivity index (χ1n) is 4.41. The fourth-order valence-electron chi connectivity index (χ4n) is 1.36. The van der Waals surface area contributed by atoms with E-state index < -0.39 is 0 Å². The van der Waals surface area contributed by atoms with Crippen molar-refractivity contribution in [3.8, 4) is 11.3 Å². The van der Waals surface area contributed by atoms with Crippen LogP contribution in [0.25, 0.3) is 11.3 Å². The van der Waals surface area contributed by atoms with E-state index in [9.17, 15) is 4.79 Å². The lowest BCUT2D eigenvalue weighted by Gasteiger charge is -2.04. The number of hydrogen-bond acceptors (Lipinski definition) is 2. The zero-order valence-electron chi connectivity index (χ0n) is 8.00. The smallest absolute Gasteiger partial charge is 0.211 e. The molecular weight excluding hydrogens is 249 g/mol. The molecule has 0 fully saturated rings. The number of nitrogens with one attached hydrogen (secondary N) is 2. The third kappa shape index (κ3) is 2.03. The van der Waals surface area contributed by atoms with E-state index in [0.717, 1.165) is 5.56 Å². The molecule has 2 rings (SSSR count). The van der Waals surface area contributed by atoms with Gasteiger partial charge in [-0.05, 0) is 18.2 Å². The van der Waals surface area contributed by atoms with Gasteiger partial charge in [-0.2, -0.15) is 5.10 Å². The number of amides is 1. The van der Waals surface area contributed by atoms with Gasteiger partial charge in [0.1, 0.15) is 0 Å².